The van der Waals surface area contributed by atoms with Crippen molar-refractivity contribution in [3.63, 3.8) is 0 Å². The number of hydrogen-bond donors (Lipinski definition) is 0. The summed E-state index contributed by atoms with van der Waals surface area (Å²) < 4.78 is 5.77. The summed E-state index contributed by atoms with van der Waals surface area (Å²) in [5, 5.41) is 0. The van der Waals surface area contributed by atoms with Gasteiger partial charge in [-0.15, -0.1) is 0 Å². The second-order valence-electron chi connectivity index (χ2n) is 8.00. The van der Waals surface area contributed by atoms with Crippen molar-refractivity contribution in [2.45, 2.75) is 78.8 Å². The monoisotopic (exact) mass is 258 g/mol. The van der Waals surface area contributed by atoms with E-state index in [0.717, 1.165) is 0 Å². The summed E-state index contributed by atoms with van der Waals surface area (Å²) in [7, 11) is -2.77. The Morgan fingerprint density at radius 2 is 0.750 bits per heavy atom. The Bertz CT molecular complexity index is 242. The summed E-state index contributed by atoms with van der Waals surface area (Å²) in [6, 6.07) is 0. The molecule has 16 heavy (non-hydrogen) atoms. The molecule has 0 unspecified atom stereocenters. The average Bonchev–Trinajstić information content (AvgIpc) is 1.69. The molecule has 0 aliphatic carbocycles. The van der Waals surface area contributed by atoms with E-state index < -0.39 is 16.8 Å². The molecule has 1 fully saturated rings. The second kappa shape index (κ2) is 3.43. The number of rotatable bonds is 0. The zero-order valence-electron chi connectivity index (χ0n) is 12.9. The van der Waals surface area contributed by atoms with Crippen LogP contribution in [0, 0.1) is 0 Å². The zero-order valence-corrected chi connectivity index (χ0v) is 14.9. The van der Waals surface area contributed by atoms with Crippen LogP contribution in [0.3, 0.4) is 0 Å². The molecule has 2 nitrogen and oxygen atoms in total. The van der Waals surface area contributed by atoms with E-state index in [-0.39, 0.29) is 0 Å². The molecule has 0 N–H and O–H groups in total. The molecule has 0 amide bonds. The lowest BCUT2D eigenvalue weighted by Gasteiger charge is -2.75. The van der Waals surface area contributed by atoms with Gasteiger partial charge in [0.2, 0.25) is 0 Å². The molecule has 0 bridgehead atoms. The van der Waals surface area contributed by atoms with Gasteiger partial charge >= 0.3 is 0 Å². The van der Waals surface area contributed by atoms with Crippen molar-refractivity contribution in [3.8, 4) is 0 Å². The first-order chi connectivity index (χ1) is 6.73. The van der Waals surface area contributed by atoms with Gasteiger partial charge in [0.05, 0.1) is 0 Å². The molecule has 0 spiro atoms. The first-order valence-electron chi connectivity index (χ1n) is 6.34. The smallest absolute Gasteiger partial charge is 0.189 e. The molecule has 0 saturated carbocycles. The van der Waals surface area contributed by atoms with E-state index in [9.17, 15) is 0 Å². The van der Waals surface area contributed by atoms with Crippen LogP contribution in [0.15, 0.2) is 0 Å². The molecule has 0 radical (unpaired) electrons. The largest absolute Gasteiger partial charge is 0.318 e. The molecular weight excluding hydrogens is 228 g/mol. The van der Waals surface area contributed by atoms with Crippen LogP contribution < -0.4 is 0 Å². The Kier molecular flexibility index (Phi) is 3.09. The molecule has 1 saturated heterocycles. The summed E-state index contributed by atoms with van der Waals surface area (Å²) >= 11 is 0. The summed E-state index contributed by atoms with van der Waals surface area (Å²) in [6.45, 7) is 24.2. The third-order valence-electron chi connectivity index (χ3n) is 3.53. The first-order valence-corrected chi connectivity index (χ1v) is 12.1. The molecule has 0 atom stereocenters. The molecule has 0 aromatic carbocycles. The predicted octanol–water partition coefficient (Wildman–Crippen LogP) is 3.60. The van der Waals surface area contributed by atoms with E-state index in [4.69, 9.17) is 0 Å². The van der Waals surface area contributed by atoms with Crippen molar-refractivity contribution in [1.29, 1.82) is 0 Å². The van der Waals surface area contributed by atoms with Crippen LogP contribution in [0.1, 0.15) is 41.5 Å². The highest BCUT2D eigenvalue weighted by Crippen LogP contribution is 2.47. The summed E-state index contributed by atoms with van der Waals surface area (Å²) in [4.78, 5) is 0. The van der Waals surface area contributed by atoms with Crippen molar-refractivity contribution in [2.24, 2.45) is 0 Å². The van der Waals surface area contributed by atoms with E-state index in [1.807, 2.05) is 0 Å². The lowest BCUT2D eigenvalue weighted by atomic mass is 10.1. The third-order valence-corrected chi connectivity index (χ3v) is 17.2. The Hall–Kier alpha value is 0.354. The number of hydrogen-bond acceptors (Lipinski definition) is 2. The van der Waals surface area contributed by atoms with Crippen molar-refractivity contribution in [1.82, 2.24) is 8.46 Å². The summed E-state index contributed by atoms with van der Waals surface area (Å²) in [5.41, 5.74) is 0.653. The van der Waals surface area contributed by atoms with Crippen LogP contribution in [-0.2, 0) is 0 Å². The Morgan fingerprint density at radius 1 is 0.562 bits per heavy atom. The van der Waals surface area contributed by atoms with Crippen molar-refractivity contribution in [2.75, 3.05) is 0 Å². The molecule has 4 heteroatoms. The summed E-state index contributed by atoms with van der Waals surface area (Å²) in [6.07, 6.45) is 0. The van der Waals surface area contributed by atoms with Crippen LogP contribution in [0.5, 0.6) is 0 Å². The van der Waals surface area contributed by atoms with Crippen LogP contribution in [0.4, 0.5) is 0 Å². The molecule has 1 aliphatic rings. The standard InChI is InChI=1S/C12H30N2Si2/c1-11(2,3)13-15(7,8)14(12(4,5)6)16(13,9)10/h1-10H3. The third kappa shape index (κ3) is 1.94. The predicted molar refractivity (Wildman–Crippen MR) is 78.1 cm³/mol. The van der Waals surface area contributed by atoms with E-state index in [1.165, 1.54) is 0 Å². The fourth-order valence-corrected chi connectivity index (χ4v) is 23.0. The van der Waals surface area contributed by atoms with Crippen molar-refractivity contribution < 1.29 is 0 Å². The van der Waals surface area contributed by atoms with Gasteiger partial charge in [-0.05, 0) is 67.7 Å². The van der Waals surface area contributed by atoms with Crippen molar-refractivity contribution >= 4 is 16.8 Å². The Morgan fingerprint density at radius 3 is 0.875 bits per heavy atom. The fraction of sp³-hybridized carbons (Fsp3) is 1.00. The normalized spacial score (nSPS) is 26.6. The first kappa shape index (κ1) is 14.4. The SMILES string of the molecule is CC(C)(C)N1[Si](C)(C)N(C(C)(C)C)[Si]1(C)C. The molecule has 0 aromatic rings. The zero-order chi connectivity index (χ0) is 13.2. The summed E-state index contributed by atoms with van der Waals surface area (Å²) in [5.74, 6) is 0. The maximum Gasteiger partial charge on any atom is 0.189 e. The topological polar surface area (TPSA) is 6.48 Å². The molecule has 0 aromatic heterocycles. The maximum absolute atomic E-state index is 2.89. The van der Waals surface area contributed by atoms with Gasteiger partial charge in [-0.3, -0.25) is 0 Å². The quantitative estimate of drug-likeness (QED) is 0.613. The van der Waals surface area contributed by atoms with Gasteiger partial charge in [0.1, 0.15) is 0 Å². The van der Waals surface area contributed by atoms with Gasteiger partial charge in [-0.25, -0.2) is 0 Å². The van der Waals surface area contributed by atoms with Crippen molar-refractivity contribution in [3.05, 3.63) is 0 Å². The molecular formula is C12H30N2Si2. The minimum absolute atomic E-state index is 0.327. The van der Waals surface area contributed by atoms with Gasteiger partial charge in [0.15, 0.2) is 16.8 Å². The van der Waals surface area contributed by atoms with Gasteiger partial charge in [0, 0.05) is 11.1 Å². The minimum atomic E-state index is -1.39. The highest BCUT2D eigenvalue weighted by atomic mass is 28.5. The van der Waals surface area contributed by atoms with Gasteiger partial charge in [0.25, 0.3) is 0 Å². The Labute approximate surface area is 104 Å². The highest BCUT2D eigenvalue weighted by Gasteiger charge is 2.66. The Balaban J connectivity index is 3.15. The van der Waals surface area contributed by atoms with Gasteiger partial charge < -0.3 is 8.46 Å². The second-order valence-corrected chi connectivity index (χ2v) is 16.7. The highest BCUT2D eigenvalue weighted by molar-refractivity contribution is 7.03. The van der Waals surface area contributed by atoms with Gasteiger partial charge in [-0.2, -0.15) is 0 Å². The lowest BCUT2D eigenvalue weighted by Crippen LogP contribution is -2.95. The number of nitrogens with zero attached hydrogens (tertiary/aromatic N) is 2. The van der Waals surface area contributed by atoms with E-state index >= 15 is 0 Å². The van der Waals surface area contributed by atoms with Crippen LogP contribution in [-0.4, -0.2) is 36.3 Å². The fourth-order valence-electron chi connectivity index (χ4n) is 4.78. The maximum atomic E-state index is 2.89. The minimum Gasteiger partial charge on any atom is -0.318 e. The van der Waals surface area contributed by atoms with Gasteiger partial charge in [-0.1, -0.05) is 0 Å². The van der Waals surface area contributed by atoms with E-state index in [2.05, 4.69) is 76.2 Å². The molecule has 1 heterocycles. The van der Waals surface area contributed by atoms with E-state index in [1.54, 1.807) is 0 Å². The average molecular weight is 259 g/mol. The van der Waals surface area contributed by atoms with Crippen LogP contribution >= 0.6 is 0 Å². The lowest BCUT2D eigenvalue weighted by molar-refractivity contribution is 0.195. The van der Waals surface area contributed by atoms with E-state index in [0.29, 0.717) is 11.1 Å². The molecule has 96 valence electrons. The molecule has 1 rings (SSSR count). The molecule has 1 aliphatic heterocycles. The van der Waals surface area contributed by atoms with Crippen LogP contribution in [0.2, 0.25) is 26.2 Å². The van der Waals surface area contributed by atoms with Crippen LogP contribution in [0.25, 0.3) is 0 Å².